The summed E-state index contributed by atoms with van der Waals surface area (Å²) in [5, 5.41) is 5.39. The third-order valence-electron chi connectivity index (χ3n) is 3.36. The molecule has 0 saturated carbocycles. The van der Waals surface area contributed by atoms with E-state index in [1.165, 1.54) is 0 Å². The number of hydrogen-bond acceptors (Lipinski definition) is 5. The molecule has 0 aliphatic carbocycles. The SMILES string of the molecule is CC(C)[C@H](NCc1ccc(C(=O)NC(N)=NC(=O)OC(C)(C)C)[nH]1)C([NH3+])=O. The summed E-state index contributed by atoms with van der Waals surface area (Å²) in [6, 6.07) is 2.89. The summed E-state index contributed by atoms with van der Waals surface area (Å²) in [4.78, 5) is 41.6. The highest BCUT2D eigenvalue weighted by atomic mass is 16.6. The zero-order valence-electron chi connectivity index (χ0n) is 16.4. The molecule has 0 saturated heterocycles. The summed E-state index contributed by atoms with van der Waals surface area (Å²) in [6.07, 6.45) is -0.894. The van der Waals surface area contributed by atoms with Crippen molar-refractivity contribution < 1.29 is 24.9 Å². The summed E-state index contributed by atoms with van der Waals surface area (Å²) in [7, 11) is 0. The number of ether oxygens (including phenoxy) is 1. The minimum absolute atomic E-state index is 0.0941. The van der Waals surface area contributed by atoms with Gasteiger partial charge in [-0.25, -0.2) is 9.59 Å². The molecule has 0 unspecified atom stereocenters. The molecule has 0 aliphatic heterocycles. The van der Waals surface area contributed by atoms with Crippen molar-refractivity contribution in [3.63, 3.8) is 0 Å². The molecule has 27 heavy (non-hydrogen) atoms. The fraction of sp³-hybridized carbons (Fsp3) is 0.529. The van der Waals surface area contributed by atoms with Gasteiger partial charge in [-0.2, -0.15) is 0 Å². The van der Waals surface area contributed by atoms with Crippen molar-refractivity contribution in [2.24, 2.45) is 16.6 Å². The van der Waals surface area contributed by atoms with Gasteiger partial charge in [-0.1, -0.05) is 13.8 Å². The Morgan fingerprint density at radius 2 is 1.93 bits per heavy atom. The van der Waals surface area contributed by atoms with Crippen LogP contribution in [0.1, 0.15) is 50.8 Å². The quantitative estimate of drug-likeness (QED) is 0.340. The molecule has 1 aromatic rings. The number of carbonyl (C=O) groups is 3. The van der Waals surface area contributed by atoms with Gasteiger partial charge in [0.25, 0.3) is 5.91 Å². The van der Waals surface area contributed by atoms with E-state index in [2.05, 4.69) is 26.3 Å². The van der Waals surface area contributed by atoms with Gasteiger partial charge in [0.1, 0.15) is 17.3 Å². The van der Waals surface area contributed by atoms with Crippen molar-refractivity contribution >= 4 is 23.9 Å². The number of hydrogen-bond donors (Lipinski definition) is 5. The molecule has 0 aromatic carbocycles. The lowest BCUT2D eigenvalue weighted by Gasteiger charge is -2.17. The fourth-order valence-electron chi connectivity index (χ4n) is 2.21. The van der Waals surface area contributed by atoms with Gasteiger partial charge in [-0.05, 0) is 38.8 Å². The second kappa shape index (κ2) is 9.28. The predicted molar refractivity (Wildman–Crippen MR) is 99.5 cm³/mol. The Labute approximate surface area is 158 Å². The summed E-state index contributed by atoms with van der Waals surface area (Å²) in [5.74, 6) is -1.03. The van der Waals surface area contributed by atoms with Gasteiger partial charge in [-0.15, -0.1) is 4.99 Å². The lowest BCUT2D eigenvalue weighted by atomic mass is 10.0. The molecule has 150 valence electrons. The van der Waals surface area contributed by atoms with E-state index in [1.54, 1.807) is 32.9 Å². The number of quaternary nitrogens is 1. The predicted octanol–water partition coefficient (Wildman–Crippen LogP) is -0.123. The van der Waals surface area contributed by atoms with Crippen molar-refractivity contribution in [1.82, 2.24) is 15.6 Å². The van der Waals surface area contributed by atoms with Crippen LogP contribution in [0.25, 0.3) is 0 Å². The first-order chi connectivity index (χ1) is 12.4. The second-order valence-corrected chi connectivity index (χ2v) is 7.40. The normalized spacial score (nSPS) is 13.4. The van der Waals surface area contributed by atoms with E-state index in [0.717, 1.165) is 0 Å². The molecular formula is C17H29N6O4+. The summed E-state index contributed by atoms with van der Waals surface area (Å²) in [6.45, 7) is 9.27. The number of guanidine groups is 1. The summed E-state index contributed by atoms with van der Waals surface area (Å²) < 4.78 is 4.99. The fourth-order valence-corrected chi connectivity index (χ4v) is 2.21. The molecule has 1 rings (SSSR count). The number of amides is 3. The maximum Gasteiger partial charge on any atom is 0.437 e. The van der Waals surface area contributed by atoms with Crippen LogP contribution in [0.15, 0.2) is 17.1 Å². The number of nitrogens with one attached hydrogen (secondary N) is 3. The number of nitrogens with zero attached hydrogens (tertiary/aromatic N) is 1. The summed E-state index contributed by atoms with van der Waals surface area (Å²) in [5.41, 5.74) is 9.22. The maximum absolute atomic E-state index is 12.1. The van der Waals surface area contributed by atoms with Crippen LogP contribution in [-0.4, -0.2) is 40.5 Å². The van der Waals surface area contributed by atoms with Crippen LogP contribution in [0.3, 0.4) is 0 Å². The molecule has 0 aliphatic rings. The van der Waals surface area contributed by atoms with E-state index in [-0.39, 0.29) is 29.5 Å². The van der Waals surface area contributed by atoms with Gasteiger partial charge >= 0.3 is 12.0 Å². The van der Waals surface area contributed by atoms with Gasteiger partial charge in [0.05, 0.1) is 0 Å². The van der Waals surface area contributed by atoms with Crippen LogP contribution in [0.2, 0.25) is 0 Å². The molecule has 10 heteroatoms. The van der Waals surface area contributed by atoms with Crippen LogP contribution < -0.4 is 22.1 Å². The Balaban J connectivity index is 2.65. The molecule has 1 heterocycles. The molecule has 3 amide bonds. The van der Waals surface area contributed by atoms with Crippen molar-refractivity contribution in [1.29, 1.82) is 0 Å². The van der Waals surface area contributed by atoms with Crippen LogP contribution in [-0.2, 0) is 16.1 Å². The third kappa shape index (κ3) is 8.01. The largest absolute Gasteiger partial charge is 0.442 e. The Morgan fingerprint density at radius 1 is 1.30 bits per heavy atom. The Kier molecular flexibility index (Phi) is 7.68. The zero-order chi connectivity index (χ0) is 20.8. The van der Waals surface area contributed by atoms with E-state index in [0.29, 0.717) is 12.2 Å². The van der Waals surface area contributed by atoms with Gasteiger partial charge in [0.15, 0.2) is 0 Å². The lowest BCUT2D eigenvalue weighted by molar-refractivity contribution is -0.309. The van der Waals surface area contributed by atoms with Crippen LogP contribution in [0, 0.1) is 5.92 Å². The summed E-state index contributed by atoms with van der Waals surface area (Å²) >= 11 is 0. The van der Waals surface area contributed by atoms with Crippen molar-refractivity contribution in [3.8, 4) is 0 Å². The average Bonchev–Trinajstić information content (AvgIpc) is 2.93. The van der Waals surface area contributed by atoms with E-state index in [9.17, 15) is 14.4 Å². The highest BCUT2D eigenvalue weighted by Crippen LogP contribution is 2.08. The van der Waals surface area contributed by atoms with E-state index >= 15 is 0 Å². The number of aliphatic imine (C=N–C) groups is 1. The van der Waals surface area contributed by atoms with Crippen molar-refractivity contribution in [3.05, 3.63) is 23.5 Å². The van der Waals surface area contributed by atoms with Gasteiger partial charge in [0.2, 0.25) is 5.96 Å². The molecule has 1 aromatic heterocycles. The minimum Gasteiger partial charge on any atom is -0.442 e. The second-order valence-electron chi connectivity index (χ2n) is 7.40. The molecule has 8 N–H and O–H groups in total. The molecule has 0 bridgehead atoms. The number of nitrogens with two attached hydrogens (primary N) is 1. The Morgan fingerprint density at radius 3 is 2.44 bits per heavy atom. The van der Waals surface area contributed by atoms with Gasteiger partial charge in [-0.3, -0.25) is 21.2 Å². The zero-order valence-corrected chi connectivity index (χ0v) is 16.4. The van der Waals surface area contributed by atoms with E-state index < -0.39 is 17.6 Å². The van der Waals surface area contributed by atoms with Crippen LogP contribution in [0.4, 0.5) is 4.79 Å². The smallest absolute Gasteiger partial charge is 0.437 e. The van der Waals surface area contributed by atoms with E-state index in [1.807, 2.05) is 13.8 Å². The Hall–Kier alpha value is -2.72. The first-order valence-corrected chi connectivity index (χ1v) is 8.54. The molecule has 0 radical (unpaired) electrons. The van der Waals surface area contributed by atoms with Crippen molar-refractivity contribution in [2.75, 3.05) is 0 Å². The van der Waals surface area contributed by atoms with Crippen molar-refractivity contribution in [2.45, 2.75) is 52.8 Å². The van der Waals surface area contributed by atoms with Crippen LogP contribution >= 0.6 is 0 Å². The molecule has 1 atom stereocenters. The highest BCUT2D eigenvalue weighted by Gasteiger charge is 2.22. The van der Waals surface area contributed by atoms with Gasteiger partial charge in [0, 0.05) is 12.2 Å². The number of carbonyl (C=O) groups excluding carboxylic acids is 3. The first kappa shape index (κ1) is 22.3. The highest BCUT2D eigenvalue weighted by molar-refractivity contribution is 6.06. The topological polar surface area (TPSA) is 166 Å². The van der Waals surface area contributed by atoms with Crippen LogP contribution in [0.5, 0.6) is 0 Å². The molecule has 0 fully saturated rings. The standard InChI is InChI=1S/C17H28N6O4/c1-9(2)12(13(18)24)20-8-10-6-7-11(21-10)14(25)22-15(19)23-16(26)27-17(3,4)5/h6-7,9,12,20-21H,8H2,1-5H3,(H2,18,24)(H3,19,22,23,25,26)/p+1/t12-/m0/s1. The molecular weight excluding hydrogens is 352 g/mol. The number of rotatable bonds is 6. The number of aromatic amines is 1. The molecule has 0 spiro atoms. The van der Waals surface area contributed by atoms with E-state index in [4.69, 9.17) is 10.5 Å². The number of H-pyrrole nitrogens is 1. The Bertz CT molecular complexity index is 717. The third-order valence-corrected chi connectivity index (χ3v) is 3.36. The lowest BCUT2D eigenvalue weighted by Crippen LogP contribution is -2.66. The monoisotopic (exact) mass is 381 g/mol. The average molecular weight is 381 g/mol. The minimum atomic E-state index is -0.894. The first-order valence-electron chi connectivity index (χ1n) is 8.54. The molecule has 10 nitrogen and oxygen atoms in total. The van der Waals surface area contributed by atoms with Gasteiger partial charge < -0.3 is 15.5 Å². The maximum atomic E-state index is 12.1. The number of aromatic nitrogens is 1.